The number of hydrogen-bond acceptors (Lipinski definition) is 3. The van der Waals surface area contributed by atoms with Crippen molar-refractivity contribution >= 4 is 28.5 Å². The third kappa shape index (κ3) is 2.31. The fraction of sp³-hybridized carbons (Fsp3) is 0.125. The molecular weight excluding hydrogens is 285 g/mol. The summed E-state index contributed by atoms with van der Waals surface area (Å²) in [5.74, 6) is -0.133. The molecule has 13 heavy (non-hydrogen) atoms. The van der Waals surface area contributed by atoms with Crippen LogP contribution >= 0.6 is 22.6 Å². The normalized spacial score (nSPS) is 9.46. The monoisotopic (exact) mass is 293 g/mol. The van der Waals surface area contributed by atoms with E-state index < -0.39 is 5.91 Å². The van der Waals surface area contributed by atoms with Crippen LogP contribution in [-0.4, -0.2) is 18.2 Å². The minimum atomic E-state index is -0.576. The minimum absolute atomic E-state index is 0.311. The van der Waals surface area contributed by atoms with Gasteiger partial charge in [-0.25, -0.2) is 5.48 Å². The maximum Gasteiger partial charge on any atom is 0.278 e. The van der Waals surface area contributed by atoms with Crippen molar-refractivity contribution in [3.05, 3.63) is 27.3 Å². The summed E-state index contributed by atoms with van der Waals surface area (Å²) >= 11 is 2.11. The zero-order valence-corrected chi connectivity index (χ0v) is 9.03. The van der Waals surface area contributed by atoms with Crippen molar-refractivity contribution in [2.45, 2.75) is 0 Å². The summed E-state index contributed by atoms with van der Waals surface area (Å²) in [7, 11) is 1.47. The summed E-state index contributed by atoms with van der Waals surface area (Å²) in [4.78, 5) is 11.1. The minimum Gasteiger partial charge on any atom is -0.496 e. The number of benzene rings is 1. The highest BCUT2D eigenvalue weighted by Crippen LogP contribution is 2.20. The highest BCUT2D eigenvalue weighted by Gasteiger charge is 2.10. The first-order valence-corrected chi connectivity index (χ1v) is 4.55. The average Bonchev–Trinajstić information content (AvgIpc) is 2.16. The van der Waals surface area contributed by atoms with E-state index in [2.05, 4.69) is 22.6 Å². The van der Waals surface area contributed by atoms with Crippen molar-refractivity contribution in [2.24, 2.45) is 0 Å². The predicted molar refractivity (Wildman–Crippen MR) is 55.0 cm³/mol. The molecule has 0 saturated heterocycles. The summed E-state index contributed by atoms with van der Waals surface area (Å²) in [5, 5.41) is 8.42. The number of amides is 1. The number of ether oxygens (including phenoxy) is 1. The summed E-state index contributed by atoms with van der Waals surface area (Å²) in [6.45, 7) is 0. The molecule has 1 aromatic carbocycles. The van der Waals surface area contributed by atoms with E-state index in [1.165, 1.54) is 7.11 Å². The molecule has 0 aliphatic rings. The van der Waals surface area contributed by atoms with Crippen LogP contribution in [0.4, 0.5) is 0 Å². The third-order valence-electron chi connectivity index (χ3n) is 1.51. The Bertz CT molecular complexity index is 327. The number of hydroxylamine groups is 1. The zero-order chi connectivity index (χ0) is 9.84. The fourth-order valence-corrected chi connectivity index (χ4v) is 1.38. The maximum absolute atomic E-state index is 11.1. The highest BCUT2D eigenvalue weighted by atomic mass is 127. The fourth-order valence-electron chi connectivity index (χ4n) is 0.913. The second-order valence-corrected chi connectivity index (χ2v) is 3.53. The topological polar surface area (TPSA) is 58.6 Å². The molecule has 0 bridgehead atoms. The van der Waals surface area contributed by atoms with E-state index in [0.717, 1.165) is 3.57 Å². The lowest BCUT2D eigenvalue weighted by Crippen LogP contribution is -2.19. The van der Waals surface area contributed by atoms with Crippen molar-refractivity contribution in [1.29, 1.82) is 0 Å². The molecule has 1 aromatic rings. The van der Waals surface area contributed by atoms with Gasteiger partial charge < -0.3 is 4.74 Å². The molecule has 0 atom stereocenters. The molecule has 0 spiro atoms. The average molecular weight is 293 g/mol. The molecule has 0 fully saturated rings. The molecule has 1 rings (SSSR count). The first-order valence-electron chi connectivity index (χ1n) is 3.47. The molecule has 0 unspecified atom stereocenters. The van der Waals surface area contributed by atoms with Crippen LogP contribution < -0.4 is 10.2 Å². The van der Waals surface area contributed by atoms with Crippen molar-refractivity contribution < 1.29 is 14.7 Å². The van der Waals surface area contributed by atoms with Crippen molar-refractivity contribution in [2.75, 3.05) is 7.11 Å². The quantitative estimate of drug-likeness (QED) is 0.492. The van der Waals surface area contributed by atoms with Gasteiger partial charge in [-0.05, 0) is 40.8 Å². The largest absolute Gasteiger partial charge is 0.496 e. The zero-order valence-electron chi connectivity index (χ0n) is 6.87. The standard InChI is InChI=1S/C8H8INO3/c1-13-7-4-5(9)2-3-6(7)8(11)10-12/h2-4,12H,1H3,(H,10,11). The number of carbonyl (C=O) groups excluding carboxylic acids is 1. The van der Waals surface area contributed by atoms with Gasteiger partial charge in [0.1, 0.15) is 5.75 Å². The highest BCUT2D eigenvalue weighted by molar-refractivity contribution is 14.1. The van der Waals surface area contributed by atoms with Gasteiger partial charge in [-0.1, -0.05) is 0 Å². The van der Waals surface area contributed by atoms with Gasteiger partial charge in [-0.15, -0.1) is 0 Å². The lowest BCUT2D eigenvalue weighted by Gasteiger charge is -2.06. The summed E-state index contributed by atoms with van der Waals surface area (Å²) in [6.07, 6.45) is 0. The van der Waals surface area contributed by atoms with Crippen molar-refractivity contribution in [3.8, 4) is 5.75 Å². The molecule has 0 heterocycles. The molecule has 70 valence electrons. The van der Waals surface area contributed by atoms with E-state index >= 15 is 0 Å². The van der Waals surface area contributed by atoms with Crippen LogP contribution in [0.1, 0.15) is 10.4 Å². The van der Waals surface area contributed by atoms with Gasteiger partial charge in [0, 0.05) is 3.57 Å². The summed E-state index contributed by atoms with van der Waals surface area (Å²) in [5.41, 5.74) is 1.86. The SMILES string of the molecule is COc1cc(I)ccc1C(=O)NO. The van der Waals surface area contributed by atoms with Crippen molar-refractivity contribution in [3.63, 3.8) is 0 Å². The van der Waals surface area contributed by atoms with E-state index in [1.807, 2.05) is 0 Å². The first-order chi connectivity index (χ1) is 6.19. The van der Waals surface area contributed by atoms with Crippen LogP contribution in [0.25, 0.3) is 0 Å². The van der Waals surface area contributed by atoms with Crippen LogP contribution in [0.3, 0.4) is 0 Å². The number of nitrogens with one attached hydrogen (secondary N) is 1. The molecule has 0 aliphatic carbocycles. The van der Waals surface area contributed by atoms with Crippen LogP contribution in [0.5, 0.6) is 5.75 Å². The third-order valence-corrected chi connectivity index (χ3v) is 2.18. The first kappa shape index (κ1) is 10.3. The van der Waals surface area contributed by atoms with E-state index in [1.54, 1.807) is 23.7 Å². The Labute approximate surface area is 89.0 Å². The molecule has 5 heteroatoms. The summed E-state index contributed by atoms with van der Waals surface area (Å²) in [6, 6.07) is 5.06. The summed E-state index contributed by atoms with van der Waals surface area (Å²) < 4.78 is 5.93. The molecule has 0 saturated carbocycles. The van der Waals surface area contributed by atoms with Gasteiger partial charge in [0.2, 0.25) is 0 Å². The van der Waals surface area contributed by atoms with Gasteiger partial charge in [-0.3, -0.25) is 10.0 Å². The number of rotatable bonds is 2. The molecule has 2 N–H and O–H groups in total. The number of carbonyl (C=O) groups is 1. The van der Waals surface area contributed by atoms with Crippen molar-refractivity contribution in [1.82, 2.24) is 5.48 Å². The number of methoxy groups -OCH3 is 1. The molecule has 4 nitrogen and oxygen atoms in total. The smallest absolute Gasteiger partial charge is 0.278 e. The number of hydrogen-bond donors (Lipinski definition) is 2. The second kappa shape index (κ2) is 4.43. The van der Waals surface area contributed by atoms with E-state index in [4.69, 9.17) is 9.94 Å². The van der Waals surface area contributed by atoms with Crippen LogP contribution in [0.2, 0.25) is 0 Å². The van der Waals surface area contributed by atoms with Gasteiger partial charge in [0.15, 0.2) is 0 Å². The lowest BCUT2D eigenvalue weighted by atomic mass is 10.2. The van der Waals surface area contributed by atoms with Crippen LogP contribution in [-0.2, 0) is 0 Å². The van der Waals surface area contributed by atoms with E-state index in [9.17, 15) is 4.79 Å². The Hall–Kier alpha value is -0.820. The molecule has 0 aliphatic heterocycles. The number of halogens is 1. The van der Waals surface area contributed by atoms with Gasteiger partial charge in [0.05, 0.1) is 12.7 Å². The lowest BCUT2D eigenvalue weighted by molar-refractivity contribution is 0.0703. The van der Waals surface area contributed by atoms with E-state index in [-0.39, 0.29) is 0 Å². The Balaban J connectivity index is 3.13. The predicted octanol–water partition coefficient (Wildman–Crippen LogP) is 1.42. The van der Waals surface area contributed by atoms with Crippen LogP contribution in [0.15, 0.2) is 18.2 Å². The van der Waals surface area contributed by atoms with Gasteiger partial charge >= 0.3 is 0 Å². The molecular formula is C8H8INO3. The van der Waals surface area contributed by atoms with E-state index in [0.29, 0.717) is 11.3 Å². The second-order valence-electron chi connectivity index (χ2n) is 2.29. The molecule has 0 radical (unpaired) electrons. The molecule has 1 amide bonds. The Kier molecular flexibility index (Phi) is 3.49. The Morgan fingerprint density at radius 2 is 2.31 bits per heavy atom. The van der Waals surface area contributed by atoms with Gasteiger partial charge in [-0.2, -0.15) is 0 Å². The Morgan fingerprint density at radius 1 is 1.62 bits per heavy atom. The maximum atomic E-state index is 11.1. The van der Waals surface area contributed by atoms with Gasteiger partial charge in [0.25, 0.3) is 5.91 Å². The Morgan fingerprint density at radius 3 is 2.85 bits per heavy atom. The molecule has 0 aromatic heterocycles. The van der Waals surface area contributed by atoms with Crippen LogP contribution in [0, 0.1) is 3.57 Å².